The number of esters is 1. The molecule has 0 spiro atoms. The standard InChI is InChI=1S/C18H21N3O5S/c1-25-14-6-4-3-5-12(14)7-8-15(22)20-18(27)21-10-9-19-17(24)13(21)11-16(23)26-2/h3-8,13H,9-11H2,1-2H3,(H,19,24)(H,20,22,27)/b8-7+. The van der Waals surface area contributed by atoms with Crippen LogP contribution >= 0.6 is 12.2 Å². The molecule has 0 aromatic heterocycles. The van der Waals surface area contributed by atoms with Gasteiger partial charge in [0.15, 0.2) is 5.11 Å². The van der Waals surface area contributed by atoms with Gasteiger partial charge in [0.2, 0.25) is 11.8 Å². The van der Waals surface area contributed by atoms with Crippen LogP contribution in [0.25, 0.3) is 6.08 Å². The Morgan fingerprint density at radius 3 is 2.81 bits per heavy atom. The number of thiocarbonyl (C=S) groups is 1. The number of methoxy groups -OCH3 is 2. The van der Waals surface area contributed by atoms with Gasteiger partial charge in [-0.15, -0.1) is 0 Å². The fourth-order valence-electron chi connectivity index (χ4n) is 2.59. The monoisotopic (exact) mass is 391 g/mol. The third-order valence-electron chi connectivity index (χ3n) is 3.96. The molecule has 0 aliphatic carbocycles. The van der Waals surface area contributed by atoms with Crippen LogP contribution in [0.4, 0.5) is 0 Å². The van der Waals surface area contributed by atoms with Gasteiger partial charge in [-0.05, 0) is 24.4 Å². The van der Waals surface area contributed by atoms with E-state index in [1.165, 1.54) is 18.1 Å². The molecule has 1 aromatic rings. The van der Waals surface area contributed by atoms with Crippen LogP contribution in [0.1, 0.15) is 12.0 Å². The number of carbonyl (C=O) groups is 3. The number of amides is 2. The number of hydrogen-bond donors (Lipinski definition) is 2. The lowest BCUT2D eigenvalue weighted by atomic mass is 10.1. The third-order valence-corrected chi connectivity index (χ3v) is 4.30. The Morgan fingerprint density at radius 2 is 2.11 bits per heavy atom. The van der Waals surface area contributed by atoms with Crippen LogP contribution in [-0.4, -0.2) is 61.1 Å². The van der Waals surface area contributed by atoms with Crippen molar-refractivity contribution in [2.45, 2.75) is 12.5 Å². The van der Waals surface area contributed by atoms with Crippen molar-refractivity contribution < 1.29 is 23.9 Å². The summed E-state index contributed by atoms with van der Waals surface area (Å²) in [6.45, 7) is 0.742. The summed E-state index contributed by atoms with van der Waals surface area (Å²) in [6, 6.07) is 6.42. The van der Waals surface area contributed by atoms with Crippen LogP contribution in [-0.2, 0) is 19.1 Å². The maximum atomic E-state index is 12.2. The van der Waals surface area contributed by atoms with Crippen LogP contribution in [0.5, 0.6) is 5.75 Å². The fraction of sp³-hybridized carbons (Fsp3) is 0.333. The first-order valence-corrected chi connectivity index (χ1v) is 8.64. The highest BCUT2D eigenvalue weighted by molar-refractivity contribution is 7.80. The van der Waals surface area contributed by atoms with Gasteiger partial charge >= 0.3 is 5.97 Å². The second-order valence-corrected chi connectivity index (χ2v) is 6.04. The van der Waals surface area contributed by atoms with E-state index in [1.807, 2.05) is 18.2 Å². The molecule has 1 heterocycles. The highest BCUT2D eigenvalue weighted by Crippen LogP contribution is 2.18. The van der Waals surface area contributed by atoms with E-state index in [-0.39, 0.29) is 17.4 Å². The van der Waals surface area contributed by atoms with Gasteiger partial charge in [-0.3, -0.25) is 19.7 Å². The van der Waals surface area contributed by atoms with Crippen molar-refractivity contribution in [1.29, 1.82) is 0 Å². The van der Waals surface area contributed by atoms with Crippen molar-refractivity contribution >= 4 is 41.2 Å². The average molecular weight is 391 g/mol. The Labute approximate surface area is 162 Å². The number of benzene rings is 1. The van der Waals surface area contributed by atoms with Gasteiger partial charge in [0.25, 0.3) is 0 Å². The van der Waals surface area contributed by atoms with E-state index >= 15 is 0 Å². The van der Waals surface area contributed by atoms with Gasteiger partial charge in [-0.2, -0.15) is 0 Å². The molecule has 1 aliphatic heterocycles. The minimum absolute atomic E-state index is 0.0772. The first-order valence-electron chi connectivity index (χ1n) is 8.23. The molecule has 2 amide bonds. The summed E-state index contributed by atoms with van der Waals surface area (Å²) in [7, 11) is 2.79. The van der Waals surface area contributed by atoms with E-state index in [2.05, 4.69) is 15.4 Å². The number of nitrogens with one attached hydrogen (secondary N) is 2. The van der Waals surface area contributed by atoms with Gasteiger partial charge in [0.1, 0.15) is 11.8 Å². The number of carbonyl (C=O) groups excluding carboxylic acids is 3. The smallest absolute Gasteiger partial charge is 0.308 e. The molecule has 8 nitrogen and oxygen atoms in total. The lowest BCUT2D eigenvalue weighted by Gasteiger charge is -2.35. The Balaban J connectivity index is 2.03. The minimum Gasteiger partial charge on any atom is -0.496 e. The largest absolute Gasteiger partial charge is 0.496 e. The Hall–Kier alpha value is -2.94. The van der Waals surface area contributed by atoms with Gasteiger partial charge in [-0.25, -0.2) is 0 Å². The molecule has 0 bridgehead atoms. The zero-order valence-electron chi connectivity index (χ0n) is 15.1. The second kappa shape index (κ2) is 9.67. The van der Waals surface area contributed by atoms with E-state index in [0.29, 0.717) is 18.8 Å². The molecule has 1 saturated heterocycles. The number of hydrogen-bond acceptors (Lipinski definition) is 6. The molecule has 27 heavy (non-hydrogen) atoms. The van der Waals surface area contributed by atoms with Crippen molar-refractivity contribution in [1.82, 2.24) is 15.5 Å². The predicted octanol–water partition coefficient (Wildman–Crippen LogP) is 0.473. The summed E-state index contributed by atoms with van der Waals surface area (Å²) in [5.74, 6) is -0.691. The van der Waals surface area contributed by atoms with Crippen molar-refractivity contribution in [2.24, 2.45) is 0 Å². The normalized spacial score (nSPS) is 16.6. The van der Waals surface area contributed by atoms with Crippen LogP contribution < -0.4 is 15.4 Å². The third kappa shape index (κ3) is 5.52. The van der Waals surface area contributed by atoms with E-state index in [9.17, 15) is 14.4 Å². The van der Waals surface area contributed by atoms with E-state index in [1.54, 1.807) is 19.3 Å². The van der Waals surface area contributed by atoms with Crippen molar-refractivity contribution in [3.05, 3.63) is 35.9 Å². The highest BCUT2D eigenvalue weighted by Gasteiger charge is 2.33. The Kier molecular flexibility index (Phi) is 7.30. The van der Waals surface area contributed by atoms with Gasteiger partial charge in [0, 0.05) is 24.7 Å². The maximum absolute atomic E-state index is 12.2. The lowest BCUT2D eigenvalue weighted by Crippen LogP contribution is -2.60. The lowest BCUT2D eigenvalue weighted by molar-refractivity contribution is -0.144. The quantitative estimate of drug-likeness (QED) is 0.428. The molecule has 1 atom stereocenters. The van der Waals surface area contributed by atoms with Crippen LogP contribution in [0, 0.1) is 0 Å². The Bertz CT molecular complexity index is 765. The zero-order valence-corrected chi connectivity index (χ0v) is 15.9. The predicted molar refractivity (Wildman–Crippen MR) is 103 cm³/mol. The molecule has 1 aliphatic rings. The molecule has 9 heteroatoms. The van der Waals surface area contributed by atoms with Crippen LogP contribution in [0.3, 0.4) is 0 Å². The van der Waals surface area contributed by atoms with Crippen molar-refractivity contribution in [3.8, 4) is 5.75 Å². The minimum atomic E-state index is -0.822. The maximum Gasteiger partial charge on any atom is 0.308 e. The Morgan fingerprint density at radius 1 is 1.37 bits per heavy atom. The molecule has 2 rings (SSSR count). The first kappa shape index (κ1) is 20.4. The summed E-state index contributed by atoms with van der Waals surface area (Å²) in [4.78, 5) is 37.3. The molecule has 2 N–H and O–H groups in total. The molecule has 0 saturated carbocycles. The SMILES string of the molecule is COC(=O)CC1C(=O)NCCN1C(=S)NC(=O)/C=C/c1ccccc1OC. The molecular weight excluding hydrogens is 370 g/mol. The average Bonchev–Trinajstić information content (AvgIpc) is 2.67. The summed E-state index contributed by atoms with van der Waals surface area (Å²) in [5, 5.41) is 5.31. The fourth-order valence-corrected chi connectivity index (χ4v) is 2.91. The molecular formula is C18H21N3O5S. The topological polar surface area (TPSA) is 97.0 Å². The van der Waals surface area contributed by atoms with Gasteiger partial charge in [0.05, 0.1) is 20.6 Å². The molecule has 0 radical (unpaired) electrons. The van der Waals surface area contributed by atoms with Crippen LogP contribution in [0.2, 0.25) is 0 Å². The summed E-state index contributed by atoms with van der Waals surface area (Å²) >= 11 is 5.25. The highest BCUT2D eigenvalue weighted by atomic mass is 32.1. The van der Waals surface area contributed by atoms with Crippen molar-refractivity contribution in [3.63, 3.8) is 0 Å². The number of nitrogens with zero attached hydrogens (tertiary/aromatic N) is 1. The molecule has 1 unspecified atom stereocenters. The number of rotatable bonds is 5. The number of para-hydroxylation sites is 1. The molecule has 1 aromatic carbocycles. The van der Waals surface area contributed by atoms with E-state index in [0.717, 1.165) is 5.56 Å². The summed E-state index contributed by atoms with van der Waals surface area (Å²) in [5.41, 5.74) is 0.738. The summed E-state index contributed by atoms with van der Waals surface area (Å²) < 4.78 is 9.84. The zero-order chi connectivity index (χ0) is 19.8. The second-order valence-electron chi connectivity index (χ2n) is 5.65. The van der Waals surface area contributed by atoms with Gasteiger partial charge < -0.3 is 19.7 Å². The van der Waals surface area contributed by atoms with E-state index < -0.39 is 17.9 Å². The van der Waals surface area contributed by atoms with Gasteiger partial charge in [-0.1, -0.05) is 18.2 Å². The molecule has 1 fully saturated rings. The number of ether oxygens (including phenoxy) is 2. The molecule has 144 valence electrons. The first-order chi connectivity index (χ1) is 13.0. The van der Waals surface area contributed by atoms with E-state index in [4.69, 9.17) is 17.0 Å². The summed E-state index contributed by atoms with van der Waals surface area (Å²) in [6.07, 6.45) is 2.77. The number of piperazine rings is 1. The van der Waals surface area contributed by atoms with Crippen molar-refractivity contribution in [2.75, 3.05) is 27.3 Å². The van der Waals surface area contributed by atoms with Crippen LogP contribution in [0.15, 0.2) is 30.3 Å².